The third kappa shape index (κ3) is 7.37. The van der Waals surface area contributed by atoms with Gasteiger partial charge in [0.25, 0.3) is 0 Å². The number of esters is 1. The fourth-order valence-electron chi connectivity index (χ4n) is 3.58. The average Bonchev–Trinajstić information content (AvgIpc) is 2.86. The van der Waals surface area contributed by atoms with Crippen LogP contribution in [0.4, 0.5) is 8.78 Å². The Balaban J connectivity index is 0.000000199. The van der Waals surface area contributed by atoms with Crippen molar-refractivity contribution in [3.8, 4) is 0 Å². The Kier molecular flexibility index (Phi) is 9.42. The SMILES string of the molecule is O=C(OC1CCCCC1)C(F)(F)S(=O)(=O)[O-].c1ccc([S+](c2ccccc2)c2ccccc2)cc1. The van der Waals surface area contributed by atoms with Gasteiger partial charge >= 0.3 is 11.2 Å². The van der Waals surface area contributed by atoms with Gasteiger partial charge in [0.15, 0.2) is 24.8 Å². The quantitative estimate of drug-likeness (QED) is 0.234. The standard InChI is InChI=1S/C18H15S.C8H12F2O5S/c1-4-10-16(11-5-1)19(17-12-6-2-7-13-17)18-14-8-3-9-15-18;9-8(10,16(12,13)14)7(11)15-6-4-2-1-3-5-6/h1-15H;6H,1-5H2,(H,12,13,14)/q+1;/p-1. The highest BCUT2D eigenvalue weighted by Crippen LogP contribution is 2.30. The van der Waals surface area contributed by atoms with Gasteiger partial charge in [0.1, 0.15) is 6.10 Å². The monoisotopic (exact) mass is 520 g/mol. The van der Waals surface area contributed by atoms with Gasteiger partial charge in [0.2, 0.25) is 0 Å². The molecule has 0 N–H and O–H groups in total. The lowest BCUT2D eigenvalue weighted by atomic mass is 9.98. The van der Waals surface area contributed by atoms with E-state index in [1.165, 1.54) is 14.7 Å². The molecule has 4 rings (SSSR count). The molecule has 1 aliphatic rings. The number of carbonyl (C=O) groups excluding carboxylic acids is 1. The summed E-state index contributed by atoms with van der Waals surface area (Å²) in [4.78, 5) is 14.9. The molecule has 186 valence electrons. The number of benzene rings is 3. The minimum atomic E-state index is -6.01. The summed E-state index contributed by atoms with van der Waals surface area (Å²) >= 11 is 0. The Morgan fingerprint density at radius 1 is 0.771 bits per heavy atom. The van der Waals surface area contributed by atoms with Crippen LogP contribution in [0.25, 0.3) is 0 Å². The van der Waals surface area contributed by atoms with Crippen molar-refractivity contribution in [2.75, 3.05) is 0 Å². The van der Waals surface area contributed by atoms with Crippen molar-refractivity contribution < 1.29 is 31.3 Å². The molecule has 1 aliphatic carbocycles. The van der Waals surface area contributed by atoms with Gasteiger partial charge in [0, 0.05) is 0 Å². The number of halogens is 2. The molecule has 0 aromatic heterocycles. The minimum absolute atomic E-state index is 0.0146. The van der Waals surface area contributed by atoms with Crippen LogP contribution in [0, 0.1) is 0 Å². The van der Waals surface area contributed by atoms with Crippen LogP contribution in [0.5, 0.6) is 0 Å². The molecule has 0 bridgehead atoms. The molecule has 0 spiro atoms. The lowest BCUT2D eigenvalue weighted by Crippen LogP contribution is -2.41. The van der Waals surface area contributed by atoms with Gasteiger partial charge in [-0.2, -0.15) is 8.78 Å². The molecule has 0 unspecified atom stereocenters. The molecular weight excluding hydrogens is 494 g/mol. The third-order valence-corrected chi connectivity index (χ3v) is 8.34. The number of hydrogen-bond acceptors (Lipinski definition) is 5. The highest BCUT2D eigenvalue weighted by atomic mass is 32.2. The van der Waals surface area contributed by atoms with Gasteiger partial charge < -0.3 is 9.29 Å². The van der Waals surface area contributed by atoms with Crippen LogP contribution in [-0.4, -0.2) is 30.3 Å². The molecule has 0 heterocycles. The zero-order valence-corrected chi connectivity index (χ0v) is 20.5. The second kappa shape index (κ2) is 12.3. The Morgan fingerprint density at radius 3 is 1.49 bits per heavy atom. The summed E-state index contributed by atoms with van der Waals surface area (Å²) in [6.07, 6.45) is 2.50. The molecule has 0 amide bonds. The normalized spacial score (nSPS) is 14.6. The molecule has 0 radical (unpaired) electrons. The molecular formula is C26H26F2O5S2. The average molecular weight is 521 g/mol. The van der Waals surface area contributed by atoms with Gasteiger partial charge in [-0.05, 0) is 62.1 Å². The van der Waals surface area contributed by atoms with Crippen LogP contribution in [-0.2, 0) is 30.5 Å². The molecule has 3 aromatic carbocycles. The molecule has 0 aliphatic heterocycles. The van der Waals surface area contributed by atoms with Gasteiger partial charge in [0.05, 0.1) is 10.9 Å². The van der Waals surface area contributed by atoms with Crippen molar-refractivity contribution in [2.45, 2.75) is 58.1 Å². The summed E-state index contributed by atoms with van der Waals surface area (Å²) in [5, 5.41) is -5.00. The van der Waals surface area contributed by atoms with E-state index in [1.807, 2.05) is 0 Å². The number of ether oxygens (including phenoxy) is 1. The van der Waals surface area contributed by atoms with Gasteiger partial charge in [-0.15, -0.1) is 0 Å². The van der Waals surface area contributed by atoms with Crippen molar-refractivity contribution in [1.82, 2.24) is 0 Å². The summed E-state index contributed by atoms with van der Waals surface area (Å²) in [5.74, 6) is -2.27. The number of rotatable bonds is 6. The summed E-state index contributed by atoms with van der Waals surface area (Å²) in [6, 6.07) is 32.2. The zero-order chi connectivity index (χ0) is 25.3. The van der Waals surface area contributed by atoms with Crippen LogP contribution in [0.3, 0.4) is 0 Å². The summed E-state index contributed by atoms with van der Waals surface area (Å²) in [5.41, 5.74) is 0. The van der Waals surface area contributed by atoms with Crippen LogP contribution < -0.4 is 0 Å². The highest BCUT2D eigenvalue weighted by molar-refractivity contribution is 7.97. The lowest BCUT2D eigenvalue weighted by molar-refractivity contribution is -0.168. The fourth-order valence-corrected chi connectivity index (χ4v) is 5.94. The van der Waals surface area contributed by atoms with Crippen molar-refractivity contribution in [2.24, 2.45) is 0 Å². The maximum atomic E-state index is 12.7. The first-order valence-corrected chi connectivity index (χ1v) is 13.8. The summed E-state index contributed by atoms with van der Waals surface area (Å²) in [7, 11) is -6.02. The second-order valence-corrected chi connectivity index (χ2v) is 11.3. The van der Waals surface area contributed by atoms with Gasteiger partial charge in [-0.3, -0.25) is 0 Å². The predicted octanol–water partition coefficient (Wildman–Crippen LogP) is 5.78. The molecule has 3 aromatic rings. The molecule has 1 saturated carbocycles. The first-order valence-electron chi connectivity index (χ1n) is 11.1. The predicted molar refractivity (Wildman–Crippen MR) is 129 cm³/mol. The van der Waals surface area contributed by atoms with Crippen LogP contribution in [0.1, 0.15) is 32.1 Å². The summed E-state index contributed by atoms with van der Waals surface area (Å²) < 4.78 is 60.1. The molecule has 1 fully saturated rings. The largest absolute Gasteiger partial charge is 0.743 e. The number of alkyl halides is 2. The maximum Gasteiger partial charge on any atom is 0.428 e. The van der Waals surface area contributed by atoms with E-state index >= 15 is 0 Å². The van der Waals surface area contributed by atoms with E-state index in [2.05, 4.69) is 95.7 Å². The topological polar surface area (TPSA) is 83.5 Å². The molecule has 5 nitrogen and oxygen atoms in total. The van der Waals surface area contributed by atoms with E-state index in [0.717, 1.165) is 19.3 Å². The van der Waals surface area contributed by atoms with Crippen molar-refractivity contribution in [3.63, 3.8) is 0 Å². The first-order chi connectivity index (χ1) is 16.7. The summed E-state index contributed by atoms with van der Waals surface area (Å²) in [6.45, 7) is 0. The molecule has 35 heavy (non-hydrogen) atoms. The Labute approximate surface area is 207 Å². The van der Waals surface area contributed by atoms with E-state index in [9.17, 15) is 26.5 Å². The Bertz CT molecular complexity index is 1070. The van der Waals surface area contributed by atoms with E-state index in [-0.39, 0.29) is 10.9 Å². The van der Waals surface area contributed by atoms with Crippen LogP contribution in [0.2, 0.25) is 0 Å². The fraction of sp³-hybridized carbons (Fsp3) is 0.269. The van der Waals surface area contributed by atoms with Crippen LogP contribution in [0.15, 0.2) is 106 Å². The molecule has 9 heteroatoms. The van der Waals surface area contributed by atoms with Crippen molar-refractivity contribution in [1.29, 1.82) is 0 Å². The Hall–Kier alpha value is -2.75. The van der Waals surface area contributed by atoms with E-state index in [4.69, 9.17) is 0 Å². The van der Waals surface area contributed by atoms with E-state index in [0.29, 0.717) is 12.8 Å². The highest BCUT2D eigenvalue weighted by Gasteiger charge is 2.49. The second-order valence-electron chi connectivity index (χ2n) is 7.88. The minimum Gasteiger partial charge on any atom is -0.743 e. The number of hydrogen-bond donors (Lipinski definition) is 0. The number of carbonyl (C=O) groups is 1. The van der Waals surface area contributed by atoms with Gasteiger partial charge in [-0.25, -0.2) is 13.2 Å². The zero-order valence-electron chi connectivity index (χ0n) is 18.9. The third-order valence-electron chi connectivity index (χ3n) is 5.31. The van der Waals surface area contributed by atoms with Crippen molar-refractivity contribution >= 4 is 27.0 Å². The maximum absolute atomic E-state index is 12.7. The Morgan fingerprint density at radius 2 is 1.14 bits per heavy atom. The van der Waals surface area contributed by atoms with E-state index < -0.39 is 27.4 Å². The first kappa shape index (κ1) is 26.8. The van der Waals surface area contributed by atoms with Gasteiger partial charge in [-0.1, -0.05) is 61.0 Å². The van der Waals surface area contributed by atoms with Crippen LogP contribution >= 0.6 is 0 Å². The smallest absolute Gasteiger partial charge is 0.428 e. The molecule has 0 saturated heterocycles. The van der Waals surface area contributed by atoms with E-state index in [1.54, 1.807) is 0 Å². The lowest BCUT2D eigenvalue weighted by Gasteiger charge is -2.25. The van der Waals surface area contributed by atoms with Crippen molar-refractivity contribution in [3.05, 3.63) is 91.0 Å². The molecule has 0 atom stereocenters.